The second-order valence-corrected chi connectivity index (χ2v) is 6.63. The number of rotatable bonds is 5. The smallest absolute Gasteiger partial charge is 0.291 e. The Morgan fingerprint density at radius 1 is 1.45 bits per heavy atom. The Balaban J connectivity index is 1.74. The fraction of sp³-hybridized carbons (Fsp3) is 0.714. The van der Waals surface area contributed by atoms with Gasteiger partial charge in [0.05, 0.1) is 11.2 Å². The molecule has 1 heterocycles. The van der Waals surface area contributed by atoms with Gasteiger partial charge in [-0.05, 0) is 38.0 Å². The summed E-state index contributed by atoms with van der Waals surface area (Å²) in [5, 5.41) is 7.66. The minimum atomic E-state index is -0.183. The topological polar surface area (TPSA) is 72.9 Å². The normalized spacial score (nSPS) is 21.1. The summed E-state index contributed by atoms with van der Waals surface area (Å²) >= 11 is 6.10. The first-order valence-corrected chi connectivity index (χ1v) is 7.74. The predicted molar refractivity (Wildman–Crippen MR) is 80.1 cm³/mol. The molecule has 6 heteroatoms. The van der Waals surface area contributed by atoms with Crippen LogP contribution in [0.15, 0.2) is 11.0 Å². The zero-order valence-corrected chi connectivity index (χ0v) is 12.3. The average Bonchev–Trinajstić information content (AvgIpc) is 2.33. The molecule has 0 aliphatic heterocycles. The van der Waals surface area contributed by atoms with Gasteiger partial charge >= 0.3 is 0 Å². The van der Waals surface area contributed by atoms with Crippen molar-refractivity contribution in [2.75, 3.05) is 11.9 Å². The van der Waals surface area contributed by atoms with Gasteiger partial charge in [-0.15, -0.1) is 0 Å². The zero-order chi connectivity index (χ0) is 14.2. The van der Waals surface area contributed by atoms with Gasteiger partial charge < -0.3 is 11.1 Å². The number of halogens is 1. The molecule has 2 aliphatic carbocycles. The summed E-state index contributed by atoms with van der Waals surface area (Å²) in [5.74, 6) is 0.585. The molecule has 20 heavy (non-hydrogen) atoms. The number of aromatic nitrogens is 2. The second-order valence-electron chi connectivity index (χ2n) is 6.22. The quantitative estimate of drug-likeness (QED) is 0.871. The first-order valence-electron chi connectivity index (χ1n) is 7.36. The number of nitrogens with zero attached hydrogens (tertiary/aromatic N) is 2. The molecule has 0 atom stereocenters. The maximum atomic E-state index is 12.4. The fourth-order valence-electron chi connectivity index (χ4n) is 2.75. The highest BCUT2D eigenvalue weighted by molar-refractivity contribution is 6.33. The third kappa shape index (κ3) is 2.69. The van der Waals surface area contributed by atoms with E-state index in [1.807, 2.05) is 0 Å². The third-order valence-corrected chi connectivity index (χ3v) is 4.91. The molecule has 1 aromatic rings. The Labute approximate surface area is 123 Å². The van der Waals surface area contributed by atoms with Crippen LogP contribution in [0.5, 0.6) is 0 Å². The molecule has 0 bridgehead atoms. The molecule has 0 spiro atoms. The number of hydrogen-bond donors (Lipinski definition) is 2. The van der Waals surface area contributed by atoms with Gasteiger partial charge in [0.15, 0.2) is 0 Å². The molecule has 0 saturated heterocycles. The largest absolute Gasteiger partial charge is 0.377 e. The first kappa shape index (κ1) is 13.9. The zero-order valence-electron chi connectivity index (χ0n) is 11.6. The predicted octanol–water partition coefficient (Wildman–Crippen LogP) is 1.99. The Hall–Kier alpha value is -1.07. The van der Waals surface area contributed by atoms with Gasteiger partial charge in [0.1, 0.15) is 5.69 Å². The lowest BCUT2D eigenvalue weighted by molar-refractivity contribution is 0.260. The summed E-state index contributed by atoms with van der Waals surface area (Å²) in [6.45, 7) is 1.29. The molecule has 0 amide bonds. The van der Waals surface area contributed by atoms with Crippen molar-refractivity contribution in [3.8, 4) is 0 Å². The Morgan fingerprint density at radius 3 is 2.75 bits per heavy atom. The summed E-state index contributed by atoms with van der Waals surface area (Å²) in [4.78, 5) is 12.4. The Kier molecular flexibility index (Phi) is 3.73. The monoisotopic (exact) mass is 296 g/mol. The van der Waals surface area contributed by atoms with Crippen LogP contribution in [0.2, 0.25) is 5.02 Å². The van der Waals surface area contributed by atoms with Gasteiger partial charge in [-0.2, -0.15) is 5.10 Å². The van der Waals surface area contributed by atoms with Crippen LogP contribution in [0.1, 0.15) is 38.5 Å². The van der Waals surface area contributed by atoms with Crippen LogP contribution in [-0.4, -0.2) is 21.9 Å². The van der Waals surface area contributed by atoms with Crippen molar-refractivity contribution >= 4 is 17.3 Å². The van der Waals surface area contributed by atoms with E-state index in [2.05, 4.69) is 10.4 Å². The van der Waals surface area contributed by atoms with Crippen molar-refractivity contribution in [3.63, 3.8) is 0 Å². The Bertz CT molecular complexity index is 549. The molecule has 0 unspecified atom stereocenters. The van der Waals surface area contributed by atoms with Gasteiger partial charge in [-0.25, -0.2) is 4.68 Å². The fourth-order valence-corrected chi connectivity index (χ4v) is 2.94. The van der Waals surface area contributed by atoms with Gasteiger partial charge in [-0.3, -0.25) is 4.79 Å². The van der Waals surface area contributed by atoms with E-state index in [9.17, 15) is 4.79 Å². The SMILES string of the molecule is NC1(CNc2c(Cl)cnn(CC3CCC3)c2=O)CCC1. The lowest BCUT2D eigenvalue weighted by Crippen LogP contribution is -2.52. The number of anilines is 1. The van der Waals surface area contributed by atoms with Crippen molar-refractivity contribution in [1.29, 1.82) is 0 Å². The lowest BCUT2D eigenvalue weighted by Gasteiger charge is -2.38. The molecule has 2 fully saturated rings. The highest BCUT2D eigenvalue weighted by Gasteiger charge is 2.32. The molecule has 3 N–H and O–H groups in total. The molecule has 3 rings (SSSR count). The number of nitrogens with one attached hydrogen (secondary N) is 1. The minimum Gasteiger partial charge on any atom is -0.377 e. The minimum absolute atomic E-state index is 0.132. The maximum absolute atomic E-state index is 12.4. The van der Waals surface area contributed by atoms with Crippen LogP contribution >= 0.6 is 11.6 Å². The van der Waals surface area contributed by atoms with Crippen molar-refractivity contribution in [2.45, 2.75) is 50.6 Å². The average molecular weight is 297 g/mol. The third-order valence-electron chi connectivity index (χ3n) is 4.62. The summed E-state index contributed by atoms with van der Waals surface area (Å²) in [6, 6.07) is 0. The van der Waals surface area contributed by atoms with E-state index in [1.54, 1.807) is 6.20 Å². The van der Waals surface area contributed by atoms with Gasteiger partial charge in [0.25, 0.3) is 5.56 Å². The molecule has 110 valence electrons. The summed E-state index contributed by atoms with van der Waals surface area (Å²) < 4.78 is 1.53. The molecular formula is C14H21ClN4O. The van der Waals surface area contributed by atoms with E-state index in [-0.39, 0.29) is 11.1 Å². The van der Waals surface area contributed by atoms with Crippen LogP contribution in [0.4, 0.5) is 5.69 Å². The molecule has 2 aliphatic rings. The number of nitrogens with two attached hydrogens (primary N) is 1. The highest BCUT2D eigenvalue weighted by atomic mass is 35.5. The van der Waals surface area contributed by atoms with Crippen LogP contribution in [-0.2, 0) is 6.54 Å². The maximum Gasteiger partial charge on any atom is 0.291 e. The van der Waals surface area contributed by atoms with Gasteiger partial charge in [0, 0.05) is 18.6 Å². The van der Waals surface area contributed by atoms with Gasteiger partial charge in [-0.1, -0.05) is 18.0 Å². The highest BCUT2D eigenvalue weighted by Crippen LogP contribution is 2.30. The molecule has 5 nitrogen and oxygen atoms in total. The second kappa shape index (κ2) is 5.37. The van der Waals surface area contributed by atoms with Crippen LogP contribution in [0.25, 0.3) is 0 Å². The van der Waals surface area contributed by atoms with Crippen molar-refractivity contribution in [2.24, 2.45) is 11.7 Å². The van der Waals surface area contributed by atoms with Crippen LogP contribution < -0.4 is 16.6 Å². The van der Waals surface area contributed by atoms with E-state index in [4.69, 9.17) is 17.3 Å². The van der Waals surface area contributed by atoms with Crippen LogP contribution in [0, 0.1) is 5.92 Å². The van der Waals surface area contributed by atoms with Gasteiger partial charge in [0.2, 0.25) is 0 Å². The Morgan fingerprint density at radius 2 is 2.20 bits per heavy atom. The lowest BCUT2D eigenvalue weighted by atomic mass is 9.78. The van der Waals surface area contributed by atoms with Crippen molar-refractivity contribution in [3.05, 3.63) is 21.6 Å². The number of hydrogen-bond acceptors (Lipinski definition) is 4. The van der Waals surface area contributed by atoms with E-state index in [0.717, 1.165) is 19.3 Å². The molecule has 1 aromatic heterocycles. The summed E-state index contributed by atoms with van der Waals surface area (Å²) in [7, 11) is 0. The summed E-state index contributed by atoms with van der Waals surface area (Å²) in [6.07, 6.45) is 8.34. The molecule has 0 radical (unpaired) electrons. The van der Waals surface area contributed by atoms with Crippen molar-refractivity contribution in [1.82, 2.24) is 9.78 Å². The van der Waals surface area contributed by atoms with E-state index in [0.29, 0.717) is 29.7 Å². The van der Waals surface area contributed by atoms with Crippen LogP contribution in [0.3, 0.4) is 0 Å². The van der Waals surface area contributed by atoms with E-state index >= 15 is 0 Å². The standard InChI is InChI=1S/C14H21ClN4O/c15-11-7-18-19(8-10-3-1-4-10)13(20)12(11)17-9-14(16)5-2-6-14/h7,10,17H,1-6,8-9,16H2. The molecular weight excluding hydrogens is 276 g/mol. The van der Waals surface area contributed by atoms with Crippen molar-refractivity contribution < 1.29 is 0 Å². The summed E-state index contributed by atoms with van der Waals surface area (Å²) in [5.41, 5.74) is 6.30. The molecule has 2 saturated carbocycles. The molecule has 0 aromatic carbocycles. The first-order chi connectivity index (χ1) is 9.57. The van der Waals surface area contributed by atoms with E-state index < -0.39 is 0 Å². The van der Waals surface area contributed by atoms with E-state index in [1.165, 1.54) is 23.9 Å².